The Labute approximate surface area is 51.0 Å². The van der Waals surface area contributed by atoms with E-state index in [0.29, 0.717) is 0 Å². The molecular formula is C4H6N2O3. The third-order valence-corrected chi connectivity index (χ3v) is 1.16. The summed E-state index contributed by atoms with van der Waals surface area (Å²) in [6.07, 6.45) is -0.0880. The molecule has 1 aliphatic rings. The summed E-state index contributed by atoms with van der Waals surface area (Å²) in [7, 11) is 0. The van der Waals surface area contributed by atoms with Crippen molar-refractivity contribution in [1.82, 2.24) is 5.06 Å². The van der Waals surface area contributed by atoms with Gasteiger partial charge in [-0.2, -0.15) is 5.06 Å². The fourth-order valence-electron chi connectivity index (χ4n) is 0.642. The van der Waals surface area contributed by atoms with E-state index in [-0.39, 0.29) is 11.5 Å². The van der Waals surface area contributed by atoms with Crippen molar-refractivity contribution >= 4 is 11.8 Å². The zero-order chi connectivity index (χ0) is 7.02. The van der Waals surface area contributed by atoms with Crippen molar-refractivity contribution in [3.05, 3.63) is 0 Å². The summed E-state index contributed by atoms with van der Waals surface area (Å²) < 4.78 is 0. The third-order valence-electron chi connectivity index (χ3n) is 1.16. The lowest BCUT2D eigenvalue weighted by atomic mass is 10.3. The molecule has 0 aromatic rings. The highest BCUT2D eigenvalue weighted by Crippen LogP contribution is 2.06. The standard InChI is InChI=1S/C4H6N2O3/c5-2-1-3(7)6(9)4(2)8/h2,9H,1,5H2. The van der Waals surface area contributed by atoms with Crippen molar-refractivity contribution in [3.8, 4) is 0 Å². The lowest BCUT2D eigenvalue weighted by molar-refractivity contribution is -0.171. The fourth-order valence-corrected chi connectivity index (χ4v) is 0.642. The molecule has 5 heteroatoms. The first kappa shape index (κ1) is 6.18. The molecule has 0 aliphatic carbocycles. The van der Waals surface area contributed by atoms with Gasteiger partial charge in [0, 0.05) is 0 Å². The minimum Gasteiger partial charge on any atom is -0.319 e. The van der Waals surface area contributed by atoms with Crippen LogP contribution >= 0.6 is 0 Å². The molecule has 1 unspecified atom stereocenters. The largest absolute Gasteiger partial charge is 0.319 e. The number of carbonyl (C=O) groups is 2. The van der Waals surface area contributed by atoms with E-state index in [1.807, 2.05) is 0 Å². The monoisotopic (exact) mass is 130 g/mol. The molecule has 1 heterocycles. The van der Waals surface area contributed by atoms with E-state index in [0.717, 1.165) is 0 Å². The van der Waals surface area contributed by atoms with Gasteiger partial charge < -0.3 is 5.73 Å². The van der Waals surface area contributed by atoms with Gasteiger partial charge in [0.25, 0.3) is 11.8 Å². The summed E-state index contributed by atoms with van der Waals surface area (Å²) in [5, 5.41) is 8.55. The van der Waals surface area contributed by atoms with Gasteiger partial charge in [-0.05, 0) is 0 Å². The predicted octanol–water partition coefficient (Wildman–Crippen LogP) is -1.54. The molecule has 1 aliphatic heterocycles. The summed E-state index contributed by atoms with van der Waals surface area (Å²) in [5.74, 6) is -1.35. The molecule has 9 heavy (non-hydrogen) atoms. The van der Waals surface area contributed by atoms with E-state index in [1.54, 1.807) is 0 Å². The number of hydrogen-bond acceptors (Lipinski definition) is 4. The molecular weight excluding hydrogens is 124 g/mol. The molecule has 0 saturated carbocycles. The van der Waals surface area contributed by atoms with Gasteiger partial charge in [-0.15, -0.1) is 0 Å². The third kappa shape index (κ3) is 0.797. The van der Waals surface area contributed by atoms with E-state index < -0.39 is 17.9 Å². The Morgan fingerprint density at radius 1 is 1.67 bits per heavy atom. The van der Waals surface area contributed by atoms with Crippen LogP contribution in [0, 0.1) is 0 Å². The number of hydroxylamine groups is 2. The molecule has 50 valence electrons. The number of carbonyl (C=O) groups excluding carboxylic acids is 2. The molecule has 2 amide bonds. The van der Waals surface area contributed by atoms with Crippen molar-refractivity contribution in [2.24, 2.45) is 5.73 Å². The van der Waals surface area contributed by atoms with Gasteiger partial charge in [-0.1, -0.05) is 0 Å². The molecule has 5 nitrogen and oxygen atoms in total. The molecule has 0 aromatic heterocycles. The Morgan fingerprint density at radius 3 is 2.33 bits per heavy atom. The van der Waals surface area contributed by atoms with Gasteiger partial charge in [0.05, 0.1) is 12.5 Å². The van der Waals surface area contributed by atoms with Crippen LogP contribution in [0.25, 0.3) is 0 Å². The topological polar surface area (TPSA) is 83.6 Å². The van der Waals surface area contributed by atoms with E-state index >= 15 is 0 Å². The number of nitrogens with zero attached hydrogens (tertiary/aromatic N) is 1. The lowest BCUT2D eigenvalue weighted by Gasteiger charge is -2.00. The van der Waals surface area contributed by atoms with E-state index in [1.165, 1.54) is 0 Å². The van der Waals surface area contributed by atoms with Crippen molar-refractivity contribution < 1.29 is 14.8 Å². The van der Waals surface area contributed by atoms with Crippen LogP contribution in [-0.4, -0.2) is 28.1 Å². The highest BCUT2D eigenvalue weighted by molar-refractivity contribution is 6.03. The maximum atomic E-state index is 10.4. The van der Waals surface area contributed by atoms with Crippen molar-refractivity contribution in [2.45, 2.75) is 12.5 Å². The van der Waals surface area contributed by atoms with Crippen LogP contribution in [0.2, 0.25) is 0 Å². The minimum absolute atomic E-state index is 0.0602. The average Bonchev–Trinajstić information content (AvgIpc) is 1.98. The van der Waals surface area contributed by atoms with Crippen molar-refractivity contribution in [3.63, 3.8) is 0 Å². The van der Waals surface area contributed by atoms with Crippen LogP contribution in [0.5, 0.6) is 0 Å². The highest BCUT2D eigenvalue weighted by Gasteiger charge is 2.35. The maximum absolute atomic E-state index is 10.4. The molecule has 3 N–H and O–H groups in total. The molecule has 0 aromatic carbocycles. The Hall–Kier alpha value is -0.940. The smallest absolute Gasteiger partial charge is 0.270 e. The second-order valence-electron chi connectivity index (χ2n) is 1.85. The Kier molecular flexibility index (Phi) is 1.22. The first-order valence-electron chi connectivity index (χ1n) is 2.44. The minimum atomic E-state index is -0.845. The molecule has 0 radical (unpaired) electrons. The second kappa shape index (κ2) is 1.78. The summed E-state index contributed by atoms with van der Waals surface area (Å²) in [4.78, 5) is 20.8. The Morgan fingerprint density at radius 2 is 2.22 bits per heavy atom. The number of rotatable bonds is 0. The molecule has 0 spiro atoms. The van der Waals surface area contributed by atoms with E-state index in [4.69, 9.17) is 10.9 Å². The summed E-state index contributed by atoms with van der Waals surface area (Å²) in [6.45, 7) is 0. The summed E-state index contributed by atoms with van der Waals surface area (Å²) >= 11 is 0. The zero-order valence-corrected chi connectivity index (χ0v) is 4.57. The van der Waals surface area contributed by atoms with E-state index in [9.17, 15) is 9.59 Å². The van der Waals surface area contributed by atoms with Crippen LogP contribution in [0.1, 0.15) is 6.42 Å². The normalized spacial score (nSPS) is 27.8. The van der Waals surface area contributed by atoms with Gasteiger partial charge >= 0.3 is 0 Å². The Balaban J connectivity index is 2.77. The first-order chi connectivity index (χ1) is 4.13. The number of hydrogen-bond donors (Lipinski definition) is 2. The van der Waals surface area contributed by atoms with Crippen LogP contribution in [0.4, 0.5) is 0 Å². The molecule has 0 bridgehead atoms. The molecule has 1 saturated heterocycles. The van der Waals surface area contributed by atoms with Crippen molar-refractivity contribution in [1.29, 1.82) is 0 Å². The first-order valence-corrected chi connectivity index (χ1v) is 2.44. The SMILES string of the molecule is NC1CC(=O)N(O)C1=O. The average molecular weight is 130 g/mol. The van der Waals surface area contributed by atoms with Gasteiger partial charge in [-0.3, -0.25) is 14.8 Å². The summed E-state index contributed by atoms with van der Waals surface area (Å²) in [5.41, 5.74) is 5.09. The van der Waals surface area contributed by atoms with Crippen molar-refractivity contribution in [2.75, 3.05) is 0 Å². The highest BCUT2D eigenvalue weighted by atomic mass is 16.5. The van der Waals surface area contributed by atoms with Crippen LogP contribution in [0.15, 0.2) is 0 Å². The van der Waals surface area contributed by atoms with Crippen LogP contribution < -0.4 is 5.73 Å². The molecule has 1 fully saturated rings. The second-order valence-corrected chi connectivity index (χ2v) is 1.85. The maximum Gasteiger partial charge on any atom is 0.270 e. The van der Waals surface area contributed by atoms with Gasteiger partial charge in [-0.25, -0.2) is 0 Å². The van der Waals surface area contributed by atoms with Crippen LogP contribution in [0.3, 0.4) is 0 Å². The van der Waals surface area contributed by atoms with E-state index in [2.05, 4.69) is 0 Å². The molecule has 1 atom stereocenters. The van der Waals surface area contributed by atoms with Gasteiger partial charge in [0.1, 0.15) is 0 Å². The predicted molar refractivity (Wildman–Crippen MR) is 26.2 cm³/mol. The van der Waals surface area contributed by atoms with Gasteiger partial charge in [0.2, 0.25) is 0 Å². The lowest BCUT2D eigenvalue weighted by Crippen LogP contribution is -2.32. The van der Waals surface area contributed by atoms with Crippen LogP contribution in [-0.2, 0) is 9.59 Å². The zero-order valence-electron chi connectivity index (χ0n) is 4.57. The number of amides is 2. The van der Waals surface area contributed by atoms with Gasteiger partial charge in [0.15, 0.2) is 0 Å². The fraction of sp³-hybridized carbons (Fsp3) is 0.500. The number of imide groups is 1. The number of nitrogens with two attached hydrogens (primary N) is 1. The Bertz CT molecular complexity index is 167. The quantitative estimate of drug-likeness (QED) is 0.307. The molecule has 1 rings (SSSR count). The summed E-state index contributed by atoms with van der Waals surface area (Å²) in [6, 6.07) is -0.845.